The normalized spacial score (nSPS) is 10.6. The number of nitro benzene ring substituents is 1. The number of rotatable bonds is 9. The van der Waals surface area contributed by atoms with Gasteiger partial charge in [0.25, 0.3) is 0 Å². The number of hydrogen-bond acceptors (Lipinski definition) is 5. The van der Waals surface area contributed by atoms with Gasteiger partial charge in [-0.25, -0.2) is 0 Å². The van der Waals surface area contributed by atoms with Crippen molar-refractivity contribution in [1.29, 1.82) is 0 Å². The third-order valence-corrected chi connectivity index (χ3v) is 3.13. The molecule has 0 heterocycles. The molecule has 20 heavy (non-hydrogen) atoms. The van der Waals surface area contributed by atoms with Crippen LogP contribution in [0.4, 0.5) is 11.4 Å². The molecule has 0 radical (unpaired) electrons. The van der Waals surface area contributed by atoms with Crippen molar-refractivity contribution >= 4 is 11.4 Å². The van der Waals surface area contributed by atoms with Gasteiger partial charge in [0.05, 0.1) is 12.0 Å². The van der Waals surface area contributed by atoms with Crippen LogP contribution in [0.25, 0.3) is 0 Å². The summed E-state index contributed by atoms with van der Waals surface area (Å²) < 4.78 is 5.04. The van der Waals surface area contributed by atoms with Crippen LogP contribution in [0.3, 0.4) is 0 Å². The third-order valence-electron chi connectivity index (χ3n) is 3.13. The lowest BCUT2D eigenvalue weighted by atomic mass is 10.2. The van der Waals surface area contributed by atoms with Gasteiger partial charge in [-0.3, -0.25) is 10.1 Å². The van der Waals surface area contributed by atoms with Gasteiger partial charge < -0.3 is 15.0 Å². The standard InChI is InChI=1S/C14H23N3O3/c1-4-10-16(5-2)11-9-15-12-7-6-8-13(20-3)14(12)17(18)19/h6-8,15H,4-5,9-11H2,1-3H3. The number of nitrogens with one attached hydrogen (secondary N) is 1. The van der Waals surface area contributed by atoms with E-state index in [0.717, 1.165) is 26.1 Å². The highest BCUT2D eigenvalue weighted by Crippen LogP contribution is 2.34. The first-order valence-corrected chi connectivity index (χ1v) is 6.91. The second-order valence-corrected chi connectivity index (χ2v) is 4.47. The van der Waals surface area contributed by atoms with Crippen molar-refractivity contribution in [2.75, 3.05) is 38.6 Å². The van der Waals surface area contributed by atoms with Crippen molar-refractivity contribution in [3.05, 3.63) is 28.3 Å². The third kappa shape index (κ3) is 4.38. The summed E-state index contributed by atoms with van der Waals surface area (Å²) in [5, 5.41) is 14.3. The number of methoxy groups -OCH3 is 1. The zero-order chi connectivity index (χ0) is 15.0. The van der Waals surface area contributed by atoms with Crippen LogP contribution >= 0.6 is 0 Å². The molecule has 0 aliphatic carbocycles. The zero-order valence-corrected chi connectivity index (χ0v) is 12.4. The molecule has 0 saturated carbocycles. The van der Waals surface area contributed by atoms with E-state index in [1.165, 1.54) is 7.11 Å². The van der Waals surface area contributed by atoms with E-state index >= 15 is 0 Å². The van der Waals surface area contributed by atoms with E-state index in [4.69, 9.17) is 4.74 Å². The summed E-state index contributed by atoms with van der Waals surface area (Å²) in [5.74, 6) is 0.279. The van der Waals surface area contributed by atoms with Crippen LogP contribution in [-0.4, -0.2) is 43.1 Å². The molecule has 1 aromatic rings. The quantitative estimate of drug-likeness (QED) is 0.557. The van der Waals surface area contributed by atoms with Gasteiger partial charge in [0.2, 0.25) is 0 Å². The molecule has 0 fully saturated rings. The molecule has 6 heteroatoms. The molecule has 1 N–H and O–H groups in total. The molecule has 112 valence electrons. The summed E-state index contributed by atoms with van der Waals surface area (Å²) in [5.41, 5.74) is 0.496. The van der Waals surface area contributed by atoms with Crippen LogP contribution in [0.5, 0.6) is 5.75 Å². The number of likely N-dealkylation sites (N-methyl/N-ethyl adjacent to an activating group) is 1. The Kier molecular flexibility index (Phi) is 6.79. The predicted octanol–water partition coefficient (Wildman–Crippen LogP) is 2.75. The summed E-state index contributed by atoms with van der Waals surface area (Å²) in [7, 11) is 1.44. The molecule has 0 unspecified atom stereocenters. The van der Waals surface area contributed by atoms with Crippen LogP contribution in [0.1, 0.15) is 20.3 Å². The number of nitro groups is 1. The van der Waals surface area contributed by atoms with Gasteiger partial charge in [0.1, 0.15) is 5.69 Å². The van der Waals surface area contributed by atoms with Crippen LogP contribution in [-0.2, 0) is 0 Å². The lowest BCUT2D eigenvalue weighted by Crippen LogP contribution is -2.29. The largest absolute Gasteiger partial charge is 0.490 e. The van der Waals surface area contributed by atoms with E-state index in [1.807, 2.05) is 0 Å². The minimum atomic E-state index is -0.412. The Labute approximate surface area is 119 Å². The molecule has 0 amide bonds. The first kappa shape index (κ1) is 16.2. The second-order valence-electron chi connectivity index (χ2n) is 4.47. The fourth-order valence-corrected chi connectivity index (χ4v) is 2.11. The number of nitrogens with zero attached hydrogens (tertiary/aromatic N) is 2. The average Bonchev–Trinajstić information content (AvgIpc) is 2.45. The molecular weight excluding hydrogens is 258 g/mol. The first-order valence-electron chi connectivity index (χ1n) is 6.91. The van der Waals surface area contributed by atoms with Crippen LogP contribution in [0.15, 0.2) is 18.2 Å². The van der Waals surface area contributed by atoms with Gasteiger partial charge in [-0.2, -0.15) is 0 Å². The molecule has 0 aliphatic rings. The number of hydrogen-bond donors (Lipinski definition) is 1. The van der Waals surface area contributed by atoms with Crippen molar-refractivity contribution < 1.29 is 9.66 Å². The second kappa shape index (κ2) is 8.37. The lowest BCUT2D eigenvalue weighted by molar-refractivity contribution is -0.384. The highest BCUT2D eigenvalue weighted by molar-refractivity contribution is 5.68. The van der Waals surface area contributed by atoms with Crippen molar-refractivity contribution in [3.63, 3.8) is 0 Å². The molecule has 1 aromatic carbocycles. The lowest BCUT2D eigenvalue weighted by Gasteiger charge is -2.20. The van der Waals surface area contributed by atoms with Crippen LogP contribution < -0.4 is 10.1 Å². The van der Waals surface area contributed by atoms with Gasteiger partial charge in [-0.1, -0.05) is 19.9 Å². The summed E-state index contributed by atoms with van der Waals surface area (Å²) >= 11 is 0. The molecule has 0 atom stereocenters. The maximum atomic E-state index is 11.1. The summed E-state index contributed by atoms with van der Waals surface area (Å²) in [6.07, 6.45) is 1.10. The van der Waals surface area contributed by atoms with E-state index in [9.17, 15) is 10.1 Å². The van der Waals surface area contributed by atoms with Gasteiger partial charge in [-0.15, -0.1) is 0 Å². The minimum absolute atomic E-state index is 0.00598. The fraction of sp³-hybridized carbons (Fsp3) is 0.571. The predicted molar refractivity (Wildman–Crippen MR) is 80.5 cm³/mol. The Balaban J connectivity index is 2.70. The van der Waals surface area contributed by atoms with E-state index < -0.39 is 4.92 Å². The summed E-state index contributed by atoms with van der Waals surface area (Å²) in [4.78, 5) is 13.0. The summed E-state index contributed by atoms with van der Waals surface area (Å²) in [6.45, 7) is 7.81. The Morgan fingerprint density at radius 2 is 2.10 bits per heavy atom. The van der Waals surface area contributed by atoms with Gasteiger partial charge in [0.15, 0.2) is 5.75 Å². The Bertz CT molecular complexity index is 438. The molecule has 0 saturated heterocycles. The van der Waals surface area contributed by atoms with Crippen LogP contribution in [0, 0.1) is 10.1 Å². The monoisotopic (exact) mass is 281 g/mol. The highest BCUT2D eigenvalue weighted by atomic mass is 16.6. The van der Waals surface area contributed by atoms with E-state index in [2.05, 4.69) is 24.1 Å². The fourth-order valence-electron chi connectivity index (χ4n) is 2.11. The molecule has 0 bridgehead atoms. The maximum Gasteiger partial charge on any atom is 0.333 e. The van der Waals surface area contributed by atoms with Crippen molar-refractivity contribution in [2.24, 2.45) is 0 Å². The van der Waals surface area contributed by atoms with Crippen molar-refractivity contribution in [2.45, 2.75) is 20.3 Å². The molecule has 1 rings (SSSR count). The van der Waals surface area contributed by atoms with E-state index in [0.29, 0.717) is 12.2 Å². The first-order chi connectivity index (χ1) is 9.63. The van der Waals surface area contributed by atoms with Crippen molar-refractivity contribution in [3.8, 4) is 5.75 Å². The smallest absolute Gasteiger partial charge is 0.333 e. The van der Waals surface area contributed by atoms with Gasteiger partial charge in [-0.05, 0) is 31.6 Å². The molecule has 6 nitrogen and oxygen atoms in total. The van der Waals surface area contributed by atoms with Gasteiger partial charge >= 0.3 is 5.69 Å². The Morgan fingerprint density at radius 3 is 2.65 bits per heavy atom. The molecule has 0 spiro atoms. The van der Waals surface area contributed by atoms with Crippen LogP contribution in [0.2, 0.25) is 0 Å². The molecular formula is C14H23N3O3. The zero-order valence-electron chi connectivity index (χ0n) is 12.4. The Morgan fingerprint density at radius 1 is 1.35 bits per heavy atom. The summed E-state index contributed by atoms with van der Waals surface area (Å²) in [6, 6.07) is 5.05. The van der Waals surface area contributed by atoms with Crippen molar-refractivity contribution in [1.82, 2.24) is 4.90 Å². The Hall–Kier alpha value is -1.82. The number of ether oxygens (including phenoxy) is 1. The number of benzene rings is 1. The molecule has 0 aliphatic heterocycles. The number of anilines is 1. The highest BCUT2D eigenvalue weighted by Gasteiger charge is 2.20. The van der Waals surface area contributed by atoms with Gasteiger partial charge in [0, 0.05) is 13.1 Å². The SMILES string of the molecule is CCCN(CC)CCNc1cccc(OC)c1[N+](=O)[O-]. The topological polar surface area (TPSA) is 67.6 Å². The van der Waals surface area contributed by atoms with E-state index in [-0.39, 0.29) is 11.4 Å². The minimum Gasteiger partial charge on any atom is -0.490 e. The number of para-hydroxylation sites is 1. The average molecular weight is 281 g/mol. The maximum absolute atomic E-state index is 11.1. The van der Waals surface area contributed by atoms with E-state index in [1.54, 1.807) is 18.2 Å². The molecule has 0 aromatic heterocycles.